The summed E-state index contributed by atoms with van der Waals surface area (Å²) in [5.41, 5.74) is 7.73. The lowest BCUT2D eigenvalue weighted by atomic mass is 10.2. The molecule has 182 valence electrons. The van der Waals surface area contributed by atoms with E-state index in [1.807, 2.05) is 42.5 Å². The molecule has 2 aromatic heterocycles. The number of nitrogens with one attached hydrogen (secondary N) is 1. The summed E-state index contributed by atoms with van der Waals surface area (Å²) in [7, 11) is 0. The number of carboxylic acids is 3. The average molecular weight is 481 g/mol. The molecule has 4 aromatic rings. The first-order chi connectivity index (χ1) is 16.8. The predicted octanol–water partition coefficient (Wildman–Crippen LogP) is 1.37. The van der Waals surface area contributed by atoms with Gasteiger partial charge in [0, 0.05) is 18.3 Å². The summed E-state index contributed by atoms with van der Waals surface area (Å²) >= 11 is 0. The van der Waals surface area contributed by atoms with Crippen LogP contribution in [0, 0.1) is 0 Å². The van der Waals surface area contributed by atoms with Crippen molar-refractivity contribution in [3.63, 3.8) is 0 Å². The van der Waals surface area contributed by atoms with Crippen molar-refractivity contribution in [1.82, 2.24) is 19.7 Å². The highest BCUT2D eigenvalue weighted by Crippen LogP contribution is 2.26. The van der Waals surface area contributed by atoms with Gasteiger partial charge in [0.15, 0.2) is 0 Å². The van der Waals surface area contributed by atoms with Crippen molar-refractivity contribution in [2.75, 3.05) is 0 Å². The number of benzene rings is 2. The number of rotatable bonds is 9. The van der Waals surface area contributed by atoms with E-state index in [9.17, 15) is 14.4 Å². The van der Waals surface area contributed by atoms with Crippen LogP contribution in [0.25, 0.3) is 10.9 Å². The molecule has 0 amide bonds. The van der Waals surface area contributed by atoms with Gasteiger partial charge in [-0.05, 0) is 17.7 Å². The Morgan fingerprint density at radius 1 is 0.971 bits per heavy atom. The average Bonchev–Trinajstić information content (AvgIpc) is 3.46. The molecule has 0 aliphatic rings. The molecule has 0 saturated heterocycles. The van der Waals surface area contributed by atoms with E-state index < -0.39 is 30.1 Å². The van der Waals surface area contributed by atoms with Crippen LogP contribution in [-0.4, -0.2) is 65.1 Å². The van der Waals surface area contributed by atoms with Crippen LogP contribution in [-0.2, 0) is 27.3 Å². The normalized spacial score (nSPS) is 11.5. The van der Waals surface area contributed by atoms with Crippen molar-refractivity contribution in [3.8, 4) is 5.88 Å². The number of nitrogens with two attached hydrogens (primary N) is 1. The van der Waals surface area contributed by atoms with Crippen LogP contribution in [0.2, 0.25) is 0 Å². The first-order valence-electron chi connectivity index (χ1n) is 10.3. The fraction of sp³-hybridized carbons (Fsp3) is 0.174. The molecule has 0 aliphatic heterocycles. The number of ether oxygens (including phenoxy) is 1. The quantitative estimate of drug-likeness (QED) is 0.218. The second kappa shape index (κ2) is 11.4. The van der Waals surface area contributed by atoms with Crippen LogP contribution in [0.5, 0.6) is 5.88 Å². The highest BCUT2D eigenvalue weighted by atomic mass is 16.5. The van der Waals surface area contributed by atoms with Gasteiger partial charge in [0.1, 0.15) is 6.04 Å². The Labute approximate surface area is 198 Å². The lowest BCUT2D eigenvalue weighted by molar-refractivity contribution is -0.159. The van der Waals surface area contributed by atoms with E-state index in [-0.39, 0.29) is 12.3 Å². The first kappa shape index (κ1) is 24.9. The Kier molecular flexibility index (Phi) is 8.14. The van der Waals surface area contributed by atoms with Crippen LogP contribution in [0.1, 0.15) is 11.3 Å². The summed E-state index contributed by atoms with van der Waals surface area (Å²) < 4.78 is 6.79. The maximum atomic E-state index is 11.0. The Morgan fingerprint density at radius 3 is 2.23 bits per heavy atom. The van der Waals surface area contributed by atoms with E-state index in [1.54, 1.807) is 23.0 Å². The molecule has 6 N–H and O–H groups in total. The van der Waals surface area contributed by atoms with Gasteiger partial charge in [0.2, 0.25) is 5.88 Å². The Bertz CT molecular complexity index is 1270. The number of fused-ring (bicyclic) bond motifs is 1. The molecule has 35 heavy (non-hydrogen) atoms. The van der Waals surface area contributed by atoms with Gasteiger partial charge in [-0.15, -0.1) is 5.10 Å². The minimum absolute atomic E-state index is 0.0173. The van der Waals surface area contributed by atoms with Gasteiger partial charge in [-0.3, -0.25) is 9.48 Å². The zero-order valence-corrected chi connectivity index (χ0v) is 18.3. The molecule has 12 heteroatoms. The molecule has 4 rings (SSSR count). The molecular weight excluding hydrogens is 458 g/mol. The lowest BCUT2D eigenvalue weighted by Gasteiger charge is -2.08. The van der Waals surface area contributed by atoms with E-state index in [1.165, 1.54) is 6.33 Å². The van der Waals surface area contributed by atoms with Crippen molar-refractivity contribution in [2.24, 2.45) is 5.73 Å². The second-order valence-corrected chi connectivity index (χ2v) is 7.37. The number of nitrogens with zero attached hydrogens (tertiary/aromatic N) is 3. The molecule has 12 nitrogen and oxygen atoms in total. The van der Waals surface area contributed by atoms with Gasteiger partial charge in [0.05, 0.1) is 23.8 Å². The lowest BCUT2D eigenvalue weighted by Crippen LogP contribution is -2.35. The van der Waals surface area contributed by atoms with E-state index in [0.717, 1.165) is 16.8 Å². The first-order valence-corrected chi connectivity index (χ1v) is 10.3. The topological polar surface area (TPSA) is 194 Å². The summed E-state index contributed by atoms with van der Waals surface area (Å²) in [5, 5.41) is 31.2. The fourth-order valence-electron chi connectivity index (χ4n) is 3.10. The molecule has 0 radical (unpaired) electrons. The Balaban J connectivity index is 0.000000261. The second-order valence-electron chi connectivity index (χ2n) is 7.37. The monoisotopic (exact) mass is 481 g/mol. The number of aromatic amines is 1. The van der Waals surface area contributed by atoms with E-state index >= 15 is 0 Å². The van der Waals surface area contributed by atoms with E-state index in [2.05, 4.69) is 15.1 Å². The van der Waals surface area contributed by atoms with Crippen LogP contribution < -0.4 is 10.5 Å². The molecule has 0 bridgehead atoms. The third-order valence-corrected chi connectivity index (χ3v) is 4.79. The summed E-state index contributed by atoms with van der Waals surface area (Å²) in [5.74, 6) is -4.18. The predicted molar refractivity (Wildman–Crippen MR) is 123 cm³/mol. The number of aliphatic carboxylic acids is 3. The van der Waals surface area contributed by atoms with Gasteiger partial charge in [0.25, 0.3) is 6.10 Å². The molecule has 0 unspecified atom stereocenters. The van der Waals surface area contributed by atoms with Gasteiger partial charge < -0.3 is 30.8 Å². The molecular formula is C23H23N5O7. The minimum Gasteiger partial charge on any atom is -0.480 e. The summed E-state index contributed by atoms with van der Waals surface area (Å²) in [6, 6.07) is 15.8. The van der Waals surface area contributed by atoms with Crippen LogP contribution in [0.4, 0.5) is 0 Å². The van der Waals surface area contributed by atoms with Crippen molar-refractivity contribution >= 4 is 28.8 Å². The van der Waals surface area contributed by atoms with Crippen molar-refractivity contribution < 1.29 is 34.4 Å². The highest BCUT2D eigenvalue weighted by Gasteiger charge is 2.30. The standard InChI is InChI=1S/C17H14N2O5.C6H9N3O2/c20-16(21)14(17(22)23)24-15-12-8-4-5-9-13(12)19(18-15)10-11-6-2-1-3-7-11;7-5(6(10)11)1-4-2-8-3-9-4/h1-9,14H,10H2,(H,20,21)(H,22,23);2-3,5H,1,7H2,(H,8,9)(H,10,11)/t;5-/m.0/s1. The smallest absolute Gasteiger partial charge is 0.356 e. The SMILES string of the molecule is N[C@@H](Cc1cnc[nH]1)C(=O)O.O=C(O)C(Oc1nn(Cc2ccccc2)c2ccccc12)C(=O)O. The third-order valence-electron chi connectivity index (χ3n) is 4.79. The van der Waals surface area contributed by atoms with E-state index in [0.29, 0.717) is 11.9 Å². The molecule has 1 atom stereocenters. The minimum atomic E-state index is -2.01. The zero-order valence-electron chi connectivity index (χ0n) is 18.3. The van der Waals surface area contributed by atoms with Crippen LogP contribution >= 0.6 is 0 Å². The van der Waals surface area contributed by atoms with Gasteiger partial charge in [-0.25, -0.2) is 14.6 Å². The molecule has 0 spiro atoms. The summed E-state index contributed by atoms with van der Waals surface area (Å²) in [6.07, 6.45) is 1.33. The highest BCUT2D eigenvalue weighted by molar-refractivity contribution is 5.97. The van der Waals surface area contributed by atoms with Crippen LogP contribution in [0.3, 0.4) is 0 Å². The largest absolute Gasteiger partial charge is 0.480 e. The number of para-hydroxylation sites is 1. The number of carbonyl (C=O) groups is 3. The maximum absolute atomic E-state index is 11.0. The Hall–Kier alpha value is -4.71. The van der Waals surface area contributed by atoms with Gasteiger partial charge >= 0.3 is 17.9 Å². The number of hydrogen-bond donors (Lipinski definition) is 5. The summed E-state index contributed by atoms with van der Waals surface area (Å²) in [4.78, 5) is 38.8. The molecule has 0 aliphatic carbocycles. The number of carboxylic acid groups (broad SMARTS) is 3. The third kappa shape index (κ3) is 6.65. The molecule has 2 aromatic carbocycles. The van der Waals surface area contributed by atoms with E-state index in [4.69, 9.17) is 25.8 Å². The van der Waals surface area contributed by atoms with Crippen LogP contribution in [0.15, 0.2) is 67.1 Å². The number of H-pyrrole nitrogens is 1. The number of aromatic nitrogens is 4. The zero-order chi connectivity index (χ0) is 25.4. The van der Waals surface area contributed by atoms with Crippen molar-refractivity contribution in [3.05, 3.63) is 78.4 Å². The number of imidazole rings is 1. The van der Waals surface area contributed by atoms with Crippen molar-refractivity contribution in [2.45, 2.75) is 25.1 Å². The van der Waals surface area contributed by atoms with Crippen molar-refractivity contribution in [1.29, 1.82) is 0 Å². The fourth-order valence-corrected chi connectivity index (χ4v) is 3.10. The van der Waals surface area contributed by atoms with Gasteiger partial charge in [-0.1, -0.05) is 42.5 Å². The van der Waals surface area contributed by atoms with Gasteiger partial charge in [-0.2, -0.15) is 0 Å². The number of hydrogen-bond acceptors (Lipinski definition) is 7. The maximum Gasteiger partial charge on any atom is 0.356 e. The Morgan fingerprint density at radius 2 is 1.63 bits per heavy atom. The molecule has 0 saturated carbocycles. The molecule has 0 fully saturated rings. The molecule has 2 heterocycles. The summed E-state index contributed by atoms with van der Waals surface area (Å²) in [6.45, 7) is 0.454.